The fourth-order valence-corrected chi connectivity index (χ4v) is 3.25. The van der Waals surface area contributed by atoms with Gasteiger partial charge < -0.3 is 15.0 Å². The third-order valence-electron chi connectivity index (χ3n) is 4.88. The van der Waals surface area contributed by atoms with Crippen LogP contribution in [-0.4, -0.2) is 29.1 Å². The second kappa shape index (κ2) is 8.70. The number of aromatic nitrogens is 1. The highest BCUT2D eigenvalue weighted by Crippen LogP contribution is 2.34. The standard InChI is InChI=1S/C21H27N3O2/c1-3-19(17-10-11-17)23-21(25)24(14-16-7-6-12-22-13-16)15-18-8-4-5-9-20(18)26-2/h4-9,12-13,17,19H,3,10-11,14-15H2,1-2H3,(H,23,25)/t19-/m0/s1. The topological polar surface area (TPSA) is 54.5 Å². The quantitative estimate of drug-likeness (QED) is 0.781. The maximum absolute atomic E-state index is 13.0. The molecule has 1 aliphatic carbocycles. The van der Waals surface area contributed by atoms with Gasteiger partial charge in [0.2, 0.25) is 0 Å². The number of pyridine rings is 1. The zero-order valence-corrected chi connectivity index (χ0v) is 15.5. The van der Waals surface area contributed by atoms with Gasteiger partial charge >= 0.3 is 6.03 Å². The molecule has 0 aliphatic heterocycles. The van der Waals surface area contributed by atoms with Gasteiger partial charge in [0, 0.05) is 30.5 Å². The van der Waals surface area contributed by atoms with Crippen molar-refractivity contribution in [2.45, 2.75) is 45.3 Å². The van der Waals surface area contributed by atoms with Crippen molar-refractivity contribution in [3.8, 4) is 5.75 Å². The zero-order chi connectivity index (χ0) is 18.4. The highest BCUT2D eigenvalue weighted by molar-refractivity contribution is 5.74. The van der Waals surface area contributed by atoms with Crippen molar-refractivity contribution in [3.05, 3.63) is 59.9 Å². The van der Waals surface area contributed by atoms with Crippen molar-refractivity contribution >= 4 is 6.03 Å². The molecule has 0 unspecified atom stereocenters. The summed E-state index contributed by atoms with van der Waals surface area (Å²) >= 11 is 0. The van der Waals surface area contributed by atoms with Gasteiger partial charge in [-0.05, 0) is 42.9 Å². The van der Waals surface area contributed by atoms with Crippen LogP contribution in [0.1, 0.15) is 37.3 Å². The van der Waals surface area contributed by atoms with Gasteiger partial charge in [0.05, 0.1) is 13.7 Å². The summed E-state index contributed by atoms with van der Waals surface area (Å²) in [6.45, 7) is 3.14. The fraction of sp³-hybridized carbons (Fsp3) is 0.429. The predicted molar refractivity (Wildman–Crippen MR) is 102 cm³/mol. The van der Waals surface area contributed by atoms with E-state index in [9.17, 15) is 4.79 Å². The second-order valence-electron chi connectivity index (χ2n) is 6.83. The van der Waals surface area contributed by atoms with Crippen molar-refractivity contribution in [2.75, 3.05) is 7.11 Å². The predicted octanol–water partition coefficient (Wildman–Crippen LogP) is 3.99. The van der Waals surface area contributed by atoms with Crippen LogP contribution < -0.4 is 10.1 Å². The molecule has 1 fully saturated rings. The lowest BCUT2D eigenvalue weighted by Crippen LogP contribution is -2.45. The van der Waals surface area contributed by atoms with Crippen LogP contribution in [0.4, 0.5) is 4.79 Å². The number of amides is 2. The number of rotatable bonds is 8. The Morgan fingerprint density at radius 1 is 1.27 bits per heavy atom. The van der Waals surface area contributed by atoms with Crippen LogP contribution in [0.3, 0.4) is 0 Å². The zero-order valence-electron chi connectivity index (χ0n) is 15.5. The van der Waals surface area contributed by atoms with E-state index >= 15 is 0 Å². The monoisotopic (exact) mass is 353 g/mol. The summed E-state index contributed by atoms with van der Waals surface area (Å²) in [5, 5.41) is 3.23. The third kappa shape index (κ3) is 4.75. The van der Waals surface area contributed by atoms with Gasteiger partial charge in [0.1, 0.15) is 5.75 Å². The summed E-state index contributed by atoms with van der Waals surface area (Å²) in [5.74, 6) is 1.43. The summed E-state index contributed by atoms with van der Waals surface area (Å²) in [4.78, 5) is 19.0. The first kappa shape index (κ1) is 18.2. The van der Waals surface area contributed by atoms with Crippen molar-refractivity contribution < 1.29 is 9.53 Å². The first-order valence-electron chi connectivity index (χ1n) is 9.27. The summed E-state index contributed by atoms with van der Waals surface area (Å²) in [5.41, 5.74) is 2.01. The molecule has 1 heterocycles. The number of hydrogen-bond donors (Lipinski definition) is 1. The molecular formula is C21H27N3O2. The third-order valence-corrected chi connectivity index (χ3v) is 4.88. The first-order chi connectivity index (χ1) is 12.7. The Hall–Kier alpha value is -2.56. The van der Waals surface area contributed by atoms with Crippen LogP contribution in [0.25, 0.3) is 0 Å². The highest BCUT2D eigenvalue weighted by atomic mass is 16.5. The summed E-state index contributed by atoms with van der Waals surface area (Å²) < 4.78 is 5.46. The van der Waals surface area contributed by atoms with Crippen LogP contribution in [0.2, 0.25) is 0 Å². The number of nitrogens with one attached hydrogen (secondary N) is 1. The van der Waals surface area contributed by atoms with E-state index in [0.29, 0.717) is 19.0 Å². The Kier molecular flexibility index (Phi) is 6.10. The molecule has 1 aromatic carbocycles. The smallest absolute Gasteiger partial charge is 0.318 e. The molecule has 2 amide bonds. The molecule has 0 spiro atoms. The van der Waals surface area contributed by atoms with E-state index in [-0.39, 0.29) is 12.1 Å². The molecule has 2 aromatic rings. The normalized spacial score (nSPS) is 14.5. The van der Waals surface area contributed by atoms with Crippen LogP contribution >= 0.6 is 0 Å². The Balaban J connectivity index is 1.77. The van der Waals surface area contributed by atoms with E-state index in [4.69, 9.17) is 4.74 Å². The van der Waals surface area contributed by atoms with Gasteiger partial charge in [0.25, 0.3) is 0 Å². The Bertz CT molecular complexity index is 716. The number of para-hydroxylation sites is 1. The lowest BCUT2D eigenvalue weighted by atomic mass is 10.1. The summed E-state index contributed by atoms with van der Waals surface area (Å²) in [7, 11) is 1.66. The summed E-state index contributed by atoms with van der Waals surface area (Å²) in [6.07, 6.45) is 6.95. The minimum atomic E-state index is -0.0292. The number of methoxy groups -OCH3 is 1. The maximum Gasteiger partial charge on any atom is 0.318 e. The molecule has 5 heteroatoms. The molecule has 1 aliphatic rings. The number of carbonyl (C=O) groups is 1. The highest BCUT2D eigenvalue weighted by Gasteiger charge is 2.32. The number of hydrogen-bond acceptors (Lipinski definition) is 3. The lowest BCUT2D eigenvalue weighted by molar-refractivity contribution is 0.185. The van der Waals surface area contributed by atoms with Gasteiger partial charge in [0.15, 0.2) is 0 Å². The van der Waals surface area contributed by atoms with Gasteiger partial charge in [-0.3, -0.25) is 4.98 Å². The molecule has 0 saturated heterocycles. The SMILES string of the molecule is CC[C@H](NC(=O)N(Cc1cccnc1)Cc1ccccc1OC)C1CC1. The Labute approximate surface area is 155 Å². The summed E-state index contributed by atoms with van der Waals surface area (Å²) in [6, 6.07) is 12.0. The minimum absolute atomic E-state index is 0.0292. The van der Waals surface area contributed by atoms with Gasteiger partial charge in [-0.25, -0.2) is 4.79 Å². The lowest BCUT2D eigenvalue weighted by Gasteiger charge is -2.27. The molecule has 0 bridgehead atoms. The Morgan fingerprint density at radius 3 is 2.73 bits per heavy atom. The Morgan fingerprint density at radius 2 is 2.08 bits per heavy atom. The maximum atomic E-state index is 13.0. The molecule has 26 heavy (non-hydrogen) atoms. The second-order valence-corrected chi connectivity index (χ2v) is 6.83. The van der Waals surface area contributed by atoms with Crippen molar-refractivity contribution in [3.63, 3.8) is 0 Å². The molecule has 0 radical (unpaired) electrons. The number of carbonyl (C=O) groups excluding carboxylic acids is 1. The molecular weight excluding hydrogens is 326 g/mol. The number of urea groups is 1. The molecule has 1 atom stereocenters. The van der Waals surface area contributed by atoms with Crippen LogP contribution in [0.15, 0.2) is 48.8 Å². The van der Waals surface area contributed by atoms with E-state index in [1.807, 2.05) is 41.3 Å². The van der Waals surface area contributed by atoms with E-state index in [1.165, 1.54) is 12.8 Å². The average Bonchev–Trinajstić information content (AvgIpc) is 3.51. The fourth-order valence-electron chi connectivity index (χ4n) is 3.25. The van der Waals surface area contributed by atoms with E-state index < -0.39 is 0 Å². The molecule has 138 valence electrons. The number of benzene rings is 1. The van der Waals surface area contributed by atoms with Gasteiger partial charge in [-0.2, -0.15) is 0 Å². The van der Waals surface area contributed by atoms with Crippen LogP contribution in [0.5, 0.6) is 5.75 Å². The first-order valence-corrected chi connectivity index (χ1v) is 9.27. The van der Waals surface area contributed by atoms with E-state index in [0.717, 1.165) is 23.3 Å². The average molecular weight is 353 g/mol. The minimum Gasteiger partial charge on any atom is -0.496 e. The van der Waals surface area contributed by atoms with E-state index in [2.05, 4.69) is 17.2 Å². The van der Waals surface area contributed by atoms with Crippen LogP contribution in [0, 0.1) is 5.92 Å². The molecule has 1 aromatic heterocycles. The van der Waals surface area contributed by atoms with Crippen molar-refractivity contribution in [1.29, 1.82) is 0 Å². The molecule has 1 N–H and O–H groups in total. The van der Waals surface area contributed by atoms with Crippen molar-refractivity contribution in [1.82, 2.24) is 15.2 Å². The molecule has 3 rings (SSSR count). The molecule has 1 saturated carbocycles. The van der Waals surface area contributed by atoms with Crippen molar-refractivity contribution in [2.24, 2.45) is 5.92 Å². The van der Waals surface area contributed by atoms with E-state index in [1.54, 1.807) is 19.5 Å². The number of nitrogens with zero attached hydrogens (tertiary/aromatic N) is 2. The largest absolute Gasteiger partial charge is 0.496 e. The number of ether oxygens (including phenoxy) is 1. The van der Waals surface area contributed by atoms with Gasteiger partial charge in [-0.15, -0.1) is 0 Å². The van der Waals surface area contributed by atoms with Crippen LogP contribution in [-0.2, 0) is 13.1 Å². The van der Waals surface area contributed by atoms with Gasteiger partial charge in [-0.1, -0.05) is 31.2 Å². The molecule has 5 nitrogen and oxygen atoms in total.